The summed E-state index contributed by atoms with van der Waals surface area (Å²) in [5.41, 5.74) is -0.0778. The molecule has 0 atom stereocenters. The van der Waals surface area contributed by atoms with E-state index in [1.807, 2.05) is 0 Å². The molecule has 160 valence electrons. The topological polar surface area (TPSA) is 76.2 Å². The van der Waals surface area contributed by atoms with E-state index in [4.69, 9.17) is 9.47 Å². The predicted octanol–water partition coefficient (Wildman–Crippen LogP) is 3.27. The number of nitrogens with one attached hydrogen (secondary N) is 2. The molecule has 0 spiro atoms. The zero-order chi connectivity index (χ0) is 19.3. The number of benzene rings is 1. The average molecular weight is 444 g/mol. The molecular formula is C20H27ClFN3O3S. The number of halogens is 2. The first-order chi connectivity index (χ1) is 13.7. The van der Waals surface area contributed by atoms with Gasteiger partial charge in [-0.1, -0.05) is 0 Å². The van der Waals surface area contributed by atoms with Gasteiger partial charge < -0.3 is 19.8 Å². The molecule has 2 aromatic rings. The van der Waals surface area contributed by atoms with Crippen LogP contribution in [-0.4, -0.2) is 48.1 Å². The molecule has 0 bridgehead atoms. The second-order valence-electron chi connectivity index (χ2n) is 7.44. The van der Waals surface area contributed by atoms with Gasteiger partial charge in [0.2, 0.25) is 0 Å². The van der Waals surface area contributed by atoms with Crippen molar-refractivity contribution in [2.45, 2.75) is 36.7 Å². The summed E-state index contributed by atoms with van der Waals surface area (Å²) in [6, 6.07) is 2.95. The number of aromatic amines is 1. The van der Waals surface area contributed by atoms with Crippen molar-refractivity contribution in [1.82, 2.24) is 15.3 Å². The van der Waals surface area contributed by atoms with Crippen molar-refractivity contribution in [3.05, 3.63) is 34.1 Å². The third-order valence-corrected chi connectivity index (χ3v) is 6.73. The van der Waals surface area contributed by atoms with Crippen LogP contribution < -0.4 is 15.6 Å². The standard InChI is InChI=1S/C20H26FN3O3S.ClH/c21-16-9-14(27-11-13-3-7-26-8-4-13)10-17-19(16)20(25)24-18(23-17)12-28-15-1-5-22-6-2-15;/h9-10,13,15,22H,1-8,11-12H2,(H,23,24,25);1H. The van der Waals surface area contributed by atoms with Crippen LogP contribution in [0.15, 0.2) is 16.9 Å². The van der Waals surface area contributed by atoms with E-state index in [1.54, 1.807) is 17.8 Å². The van der Waals surface area contributed by atoms with Gasteiger partial charge in [0.15, 0.2) is 0 Å². The molecule has 29 heavy (non-hydrogen) atoms. The van der Waals surface area contributed by atoms with Crippen LogP contribution >= 0.6 is 24.2 Å². The van der Waals surface area contributed by atoms with Gasteiger partial charge in [0.1, 0.15) is 22.8 Å². The molecule has 0 saturated carbocycles. The smallest absolute Gasteiger partial charge is 0.261 e. The minimum absolute atomic E-state index is 0. The lowest BCUT2D eigenvalue weighted by molar-refractivity contribution is 0.0497. The van der Waals surface area contributed by atoms with Crippen molar-refractivity contribution in [3.63, 3.8) is 0 Å². The molecule has 2 saturated heterocycles. The molecule has 0 radical (unpaired) electrons. The van der Waals surface area contributed by atoms with Crippen molar-refractivity contribution in [2.75, 3.05) is 32.9 Å². The number of H-pyrrole nitrogens is 1. The van der Waals surface area contributed by atoms with E-state index in [-0.39, 0.29) is 17.8 Å². The lowest BCUT2D eigenvalue weighted by Crippen LogP contribution is -2.29. The number of thioether (sulfide) groups is 1. The van der Waals surface area contributed by atoms with E-state index in [2.05, 4.69) is 15.3 Å². The Morgan fingerprint density at radius 3 is 2.72 bits per heavy atom. The zero-order valence-corrected chi connectivity index (χ0v) is 17.9. The van der Waals surface area contributed by atoms with E-state index < -0.39 is 11.4 Å². The summed E-state index contributed by atoms with van der Waals surface area (Å²) in [7, 11) is 0. The zero-order valence-electron chi connectivity index (χ0n) is 16.2. The molecule has 1 aromatic carbocycles. The fourth-order valence-electron chi connectivity index (χ4n) is 3.69. The number of fused-ring (bicyclic) bond motifs is 1. The van der Waals surface area contributed by atoms with Crippen molar-refractivity contribution in [3.8, 4) is 5.75 Å². The van der Waals surface area contributed by atoms with Gasteiger partial charge in [-0.3, -0.25) is 4.79 Å². The first-order valence-corrected chi connectivity index (χ1v) is 11.0. The van der Waals surface area contributed by atoms with Gasteiger partial charge in [0, 0.05) is 30.6 Å². The van der Waals surface area contributed by atoms with Crippen LogP contribution in [-0.2, 0) is 10.5 Å². The summed E-state index contributed by atoms with van der Waals surface area (Å²) in [4.78, 5) is 19.6. The van der Waals surface area contributed by atoms with E-state index in [9.17, 15) is 9.18 Å². The number of piperidine rings is 1. The molecule has 6 nitrogen and oxygen atoms in total. The van der Waals surface area contributed by atoms with Gasteiger partial charge in [-0.05, 0) is 44.7 Å². The largest absolute Gasteiger partial charge is 0.493 e. The fourth-order valence-corrected chi connectivity index (χ4v) is 4.78. The van der Waals surface area contributed by atoms with E-state index in [1.165, 1.54) is 6.07 Å². The van der Waals surface area contributed by atoms with Crippen molar-refractivity contribution in [1.29, 1.82) is 0 Å². The molecule has 9 heteroatoms. The second-order valence-corrected chi connectivity index (χ2v) is 8.73. The molecule has 0 aliphatic carbocycles. The minimum atomic E-state index is -0.592. The summed E-state index contributed by atoms with van der Waals surface area (Å²) < 4.78 is 25.7. The molecule has 3 heterocycles. The Morgan fingerprint density at radius 1 is 1.21 bits per heavy atom. The number of nitrogens with zero attached hydrogens (tertiary/aromatic N) is 1. The average Bonchev–Trinajstić information content (AvgIpc) is 2.72. The highest BCUT2D eigenvalue weighted by Gasteiger charge is 2.17. The third-order valence-electron chi connectivity index (χ3n) is 5.35. The van der Waals surface area contributed by atoms with Crippen LogP contribution in [0.2, 0.25) is 0 Å². The Morgan fingerprint density at radius 2 is 1.97 bits per heavy atom. The molecule has 0 unspecified atom stereocenters. The van der Waals surface area contributed by atoms with Crippen LogP contribution in [0.4, 0.5) is 4.39 Å². The maximum atomic E-state index is 14.5. The summed E-state index contributed by atoms with van der Waals surface area (Å²) in [6.45, 7) is 4.07. The normalized spacial score (nSPS) is 18.5. The summed E-state index contributed by atoms with van der Waals surface area (Å²) in [6.07, 6.45) is 4.13. The molecule has 0 amide bonds. The van der Waals surface area contributed by atoms with Crippen molar-refractivity contribution < 1.29 is 13.9 Å². The van der Waals surface area contributed by atoms with E-state index in [0.29, 0.717) is 40.6 Å². The Hall–Kier alpha value is -1.35. The summed E-state index contributed by atoms with van der Waals surface area (Å²) in [5, 5.41) is 3.90. The third kappa shape index (κ3) is 5.84. The highest BCUT2D eigenvalue weighted by Crippen LogP contribution is 2.25. The highest BCUT2D eigenvalue weighted by molar-refractivity contribution is 7.99. The van der Waals surface area contributed by atoms with Crippen LogP contribution in [0, 0.1) is 11.7 Å². The lowest BCUT2D eigenvalue weighted by Gasteiger charge is -2.22. The molecule has 2 aliphatic heterocycles. The van der Waals surface area contributed by atoms with Crippen LogP contribution in [0.5, 0.6) is 5.75 Å². The van der Waals surface area contributed by atoms with Crippen molar-refractivity contribution >= 4 is 35.1 Å². The van der Waals surface area contributed by atoms with E-state index >= 15 is 0 Å². The van der Waals surface area contributed by atoms with Gasteiger partial charge in [0.25, 0.3) is 5.56 Å². The maximum absolute atomic E-state index is 14.5. The highest BCUT2D eigenvalue weighted by atomic mass is 35.5. The fraction of sp³-hybridized carbons (Fsp3) is 0.600. The predicted molar refractivity (Wildman–Crippen MR) is 116 cm³/mol. The first kappa shape index (κ1) is 22.3. The molecule has 2 fully saturated rings. The van der Waals surface area contributed by atoms with Crippen LogP contribution in [0.1, 0.15) is 31.5 Å². The van der Waals surface area contributed by atoms with E-state index in [0.717, 1.165) is 52.0 Å². The number of hydrogen-bond donors (Lipinski definition) is 2. The van der Waals surface area contributed by atoms with Gasteiger partial charge in [-0.25, -0.2) is 9.37 Å². The van der Waals surface area contributed by atoms with Gasteiger partial charge >= 0.3 is 0 Å². The number of aromatic nitrogens is 2. The second kappa shape index (κ2) is 10.6. The minimum Gasteiger partial charge on any atom is -0.493 e. The van der Waals surface area contributed by atoms with Crippen molar-refractivity contribution in [2.24, 2.45) is 5.92 Å². The summed E-state index contributed by atoms with van der Waals surface area (Å²) >= 11 is 1.80. The monoisotopic (exact) mass is 443 g/mol. The Kier molecular flexibility index (Phi) is 8.17. The molecule has 1 aromatic heterocycles. The van der Waals surface area contributed by atoms with Gasteiger partial charge in [-0.2, -0.15) is 11.8 Å². The Balaban J connectivity index is 0.00000240. The molecule has 4 rings (SSSR count). The van der Waals surface area contributed by atoms with Gasteiger partial charge in [0.05, 0.1) is 17.9 Å². The first-order valence-electron chi connectivity index (χ1n) is 9.94. The maximum Gasteiger partial charge on any atom is 0.261 e. The Bertz CT molecular complexity index is 865. The van der Waals surface area contributed by atoms with Crippen LogP contribution in [0.3, 0.4) is 0 Å². The number of hydrogen-bond acceptors (Lipinski definition) is 6. The quantitative estimate of drug-likeness (QED) is 0.713. The summed E-state index contributed by atoms with van der Waals surface area (Å²) in [5.74, 6) is 1.45. The molecule has 2 aliphatic rings. The lowest BCUT2D eigenvalue weighted by atomic mass is 10.0. The SMILES string of the molecule is Cl.O=c1[nH]c(CSC2CCNCC2)nc2cc(OCC3CCOCC3)cc(F)c12. The van der Waals surface area contributed by atoms with Gasteiger partial charge in [-0.15, -0.1) is 12.4 Å². The molecule has 2 N–H and O–H groups in total. The molecular weight excluding hydrogens is 417 g/mol. The Labute approximate surface area is 179 Å². The number of ether oxygens (including phenoxy) is 2. The number of rotatable bonds is 6. The van der Waals surface area contributed by atoms with Crippen LogP contribution in [0.25, 0.3) is 10.9 Å².